The molecule has 11 heteroatoms. The summed E-state index contributed by atoms with van der Waals surface area (Å²) in [4.78, 5) is 16.0. The molecule has 0 bridgehead atoms. The molecule has 4 heterocycles. The first kappa shape index (κ1) is 25.4. The Morgan fingerprint density at radius 1 is 0.897 bits per heavy atom. The highest BCUT2D eigenvalue weighted by Crippen LogP contribution is 2.29. The maximum atomic E-state index is 12.9. The summed E-state index contributed by atoms with van der Waals surface area (Å²) in [7, 11) is -4.31. The zero-order valence-electron chi connectivity index (χ0n) is 20.9. The number of sulfone groups is 1. The number of nitrogens with one attached hydrogen (secondary N) is 1. The molecule has 0 unspecified atom stereocenters. The van der Waals surface area contributed by atoms with Crippen LogP contribution in [0, 0.1) is 0 Å². The van der Waals surface area contributed by atoms with Crippen molar-refractivity contribution in [1.29, 1.82) is 0 Å². The Kier molecular flexibility index (Phi) is 6.94. The van der Waals surface area contributed by atoms with Crippen LogP contribution in [0.2, 0.25) is 0 Å². The molecule has 0 radical (unpaired) electrons. The Morgan fingerprint density at radius 2 is 1.64 bits per heavy atom. The Hall–Kier alpha value is -3.93. The standard InChI is InChI=1S/C28H25N5O4S2/c34-38-14-12-33(13-15-38)18-21-8-11-27(37-21)25-16-24-26(17-29-25)30-19-31-28(24)32-20-6-9-23(10-7-20)39(35,36)22-4-2-1-3-5-22/h1-11,16-17,19H,12-15,18H2,(H,30,31,32). The minimum atomic E-state index is -3.60. The van der Waals surface area contributed by atoms with Crippen molar-refractivity contribution in [3.8, 4) is 11.5 Å². The van der Waals surface area contributed by atoms with Gasteiger partial charge < -0.3 is 9.73 Å². The van der Waals surface area contributed by atoms with Crippen LogP contribution in [-0.4, -0.2) is 57.1 Å². The van der Waals surface area contributed by atoms with Crippen molar-refractivity contribution in [1.82, 2.24) is 19.9 Å². The van der Waals surface area contributed by atoms with Crippen molar-refractivity contribution < 1.29 is 17.0 Å². The fourth-order valence-corrected chi connectivity index (χ4v) is 6.85. The molecule has 2 aromatic carbocycles. The molecule has 9 nitrogen and oxygen atoms in total. The van der Waals surface area contributed by atoms with Gasteiger partial charge in [0, 0.05) is 46.5 Å². The van der Waals surface area contributed by atoms with Crippen LogP contribution in [0.3, 0.4) is 0 Å². The van der Waals surface area contributed by atoms with Gasteiger partial charge in [0.1, 0.15) is 23.6 Å². The molecule has 0 spiro atoms. The van der Waals surface area contributed by atoms with E-state index in [0.717, 1.165) is 24.2 Å². The third-order valence-corrected chi connectivity index (χ3v) is 9.63. The lowest BCUT2D eigenvalue weighted by atomic mass is 10.2. The quantitative estimate of drug-likeness (QED) is 0.309. The molecule has 0 amide bonds. The molecule has 1 N–H and O–H groups in total. The van der Waals surface area contributed by atoms with Gasteiger partial charge in [-0.2, -0.15) is 0 Å². The molecule has 1 aliphatic heterocycles. The first-order valence-corrected chi connectivity index (χ1v) is 15.4. The Balaban J connectivity index is 1.23. The van der Waals surface area contributed by atoms with E-state index < -0.39 is 20.6 Å². The van der Waals surface area contributed by atoms with Crippen molar-refractivity contribution in [3.05, 3.63) is 91.1 Å². The molecular weight excluding hydrogens is 534 g/mol. The van der Waals surface area contributed by atoms with Gasteiger partial charge in [-0.25, -0.2) is 18.4 Å². The van der Waals surface area contributed by atoms with E-state index >= 15 is 0 Å². The molecule has 3 aromatic heterocycles. The third-order valence-electron chi connectivity index (χ3n) is 6.57. The number of hydrogen-bond donors (Lipinski definition) is 1. The van der Waals surface area contributed by atoms with Crippen molar-refractivity contribution in [3.63, 3.8) is 0 Å². The maximum absolute atomic E-state index is 12.9. The van der Waals surface area contributed by atoms with E-state index in [2.05, 4.69) is 25.2 Å². The van der Waals surface area contributed by atoms with Gasteiger partial charge in [-0.3, -0.25) is 14.1 Å². The summed E-state index contributed by atoms with van der Waals surface area (Å²) >= 11 is 0. The van der Waals surface area contributed by atoms with Gasteiger partial charge in [-0.05, 0) is 54.6 Å². The average Bonchev–Trinajstić information content (AvgIpc) is 3.43. The highest BCUT2D eigenvalue weighted by Gasteiger charge is 2.19. The number of rotatable bonds is 7. The maximum Gasteiger partial charge on any atom is 0.206 e. The van der Waals surface area contributed by atoms with Gasteiger partial charge in [0.2, 0.25) is 9.84 Å². The van der Waals surface area contributed by atoms with Crippen LogP contribution in [0.1, 0.15) is 5.76 Å². The predicted molar refractivity (Wildman–Crippen MR) is 150 cm³/mol. The van der Waals surface area contributed by atoms with Crippen molar-refractivity contribution >= 4 is 43.0 Å². The lowest BCUT2D eigenvalue weighted by Gasteiger charge is -2.24. The van der Waals surface area contributed by atoms with Crippen LogP contribution >= 0.6 is 0 Å². The first-order chi connectivity index (χ1) is 19.0. The van der Waals surface area contributed by atoms with E-state index in [0.29, 0.717) is 46.5 Å². The van der Waals surface area contributed by atoms with Crippen LogP contribution in [0.15, 0.2) is 99.5 Å². The van der Waals surface area contributed by atoms with Crippen molar-refractivity contribution in [2.45, 2.75) is 16.3 Å². The molecule has 6 rings (SSSR count). The highest BCUT2D eigenvalue weighted by atomic mass is 32.2. The molecule has 198 valence electrons. The SMILES string of the molecule is O=S1CCN(Cc2ccc(-c3cc4c(Nc5ccc(S(=O)(=O)c6ccccc6)cc5)ncnc4cn3)o2)CC1. The summed E-state index contributed by atoms with van der Waals surface area (Å²) in [6.45, 7) is 2.25. The number of benzene rings is 2. The van der Waals surface area contributed by atoms with Crippen LogP contribution < -0.4 is 5.32 Å². The fraction of sp³-hybridized carbons (Fsp3) is 0.179. The predicted octanol–water partition coefficient (Wildman–Crippen LogP) is 4.43. The van der Waals surface area contributed by atoms with E-state index in [1.54, 1.807) is 60.8 Å². The van der Waals surface area contributed by atoms with Crippen LogP contribution in [0.25, 0.3) is 22.4 Å². The van der Waals surface area contributed by atoms with Crippen LogP contribution in [0.4, 0.5) is 11.5 Å². The summed E-state index contributed by atoms with van der Waals surface area (Å²) in [6.07, 6.45) is 3.13. The molecule has 0 saturated carbocycles. The van der Waals surface area contributed by atoms with Gasteiger partial charge in [0.25, 0.3) is 0 Å². The smallest absolute Gasteiger partial charge is 0.206 e. The summed E-state index contributed by atoms with van der Waals surface area (Å²) in [6, 6.07) is 20.6. The van der Waals surface area contributed by atoms with Gasteiger partial charge in [0.05, 0.1) is 28.0 Å². The minimum absolute atomic E-state index is 0.213. The Morgan fingerprint density at radius 3 is 2.41 bits per heavy atom. The monoisotopic (exact) mass is 559 g/mol. The van der Waals surface area contributed by atoms with Crippen LogP contribution in [0.5, 0.6) is 0 Å². The molecular formula is C28H25N5O4S2. The summed E-state index contributed by atoms with van der Waals surface area (Å²) < 4.78 is 43.5. The summed E-state index contributed by atoms with van der Waals surface area (Å²) in [5.74, 6) is 3.42. The zero-order chi connectivity index (χ0) is 26.8. The van der Waals surface area contributed by atoms with Gasteiger partial charge in [-0.1, -0.05) is 18.2 Å². The second kappa shape index (κ2) is 10.7. The number of anilines is 2. The van der Waals surface area contributed by atoms with Gasteiger partial charge >= 0.3 is 0 Å². The molecule has 5 aromatic rings. The van der Waals surface area contributed by atoms with Gasteiger partial charge in [0.15, 0.2) is 5.76 Å². The largest absolute Gasteiger partial charge is 0.458 e. The van der Waals surface area contributed by atoms with E-state index in [1.165, 1.54) is 6.33 Å². The average molecular weight is 560 g/mol. The summed E-state index contributed by atoms with van der Waals surface area (Å²) in [5.41, 5.74) is 1.99. The Labute approximate surface area is 228 Å². The van der Waals surface area contributed by atoms with E-state index in [-0.39, 0.29) is 9.79 Å². The molecule has 0 atom stereocenters. The van der Waals surface area contributed by atoms with Crippen molar-refractivity contribution in [2.75, 3.05) is 29.9 Å². The number of furan rings is 1. The van der Waals surface area contributed by atoms with E-state index in [1.807, 2.05) is 18.2 Å². The lowest BCUT2D eigenvalue weighted by Crippen LogP contribution is -2.37. The fourth-order valence-electron chi connectivity index (χ4n) is 4.44. The molecule has 39 heavy (non-hydrogen) atoms. The van der Waals surface area contributed by atoms with Crippen molar-refractivity contribution in [2.24, 2.45) is 0 Å². The lowest BCUT2D eigenvalue weighted by molar-refractivity contribution is 0.266. The first-order valence-electron chi connectivity index (χ1n) is 12.4. The molecule has 1 saturated heterocycles. The Bertz CT molecular complexity index is 1750. The van der Waals surface area contributed by atoms with Gasteiger partial charge in [-0.15, -0.1) is 0 Å². The number of aromatic nitrogens is 3. The third kappa shape index (κ3) is 5.47. The highest BCUT2D eigenvalue weighted by molar-refractivity contribution is 7.91. The van der Waals surface area contributed by atoms with E-state index in [9.17, 15) is 12.6 Å². The van der Waals surface area contributed by atoms with Crippen LogP contribution in [-0.2, 0) is 27.2 Å². The molecule has 1 aliphatic rings. The number of fused-ring (bicyclic) bond motifs is 1. The number of hydrogen-bond acceptors (Lipinski definition) is 9. The summed E-state index contributed by atoms with van der Waals surface area (Å²) in [5, 5.41) is 4.02. The topological polar surface area (TPSA) is 118 Å². The minimum Gasteiger partial charge on any atom is -0.458 e. The number of pyridine rings is 1. The number of nitrogens with zero attached hydrogens (tertiary/aromatic N) is 4. The second-order valence-corrected chi connectivity index (χ2v) is 12.8. The molecule has 1 fully saturated rings. The second-order valence-electron chi connectivity index (χ2n) is 9.17. The normalized spacial score (nSPS) is 15.0. The van der Waals surface area contributed by atoms with E-state index in [4.69, 9.17) is 4.42 Å². The molecule has 0 aliphatic carbocycles. The zero-order valence-corrected chi connectivity index (χ0v) is 22.5.